The van der Waals surface area contributed by atoms with E-state index in [1.54, 1.807) is 20.8 Å². The fourth-order valence-electron chi connectivity index (χ4n) is 2.05. The Morgan fingerprint density at radius 2 is 1.88 bits per heavy atom. The van der Waals surface area contributed by atoms with Gasteiger partial charge in [-0.25, -0.2) is 4.79 Å². The Morgan fingerprint density at radius 1 is 1.20 bits per heavy atom. The van der Waals surface area contributed by atoms with Gasteiger partial charge in [0.15, 0.2) is 5.78 Å². The highest BCUT2D eigenvalue weighted by Crippen LogP contribution is 2.09. The van der Waals surface area contributed by atoms with Crippen molar-refractivity contribution in [2.75, 3.05) is 26.5 Å². The lowest BCUT2D eigenvalue weighted by molar-refractivity contribution is -0.120. The van der Waals surface area contributed by atoms with Crippen LogP contribution in [0.1, 0.15) is 26.3 Å². The molecule has 0 saturated carbocycles. The van der Waals surface area contributed by atoms with Gasteiger partial charge in [0.05, 0.1) is 32.5 Å². The maximum Gasteiger partial charge on any atom is 0.408 e. The number of ketones is 1. The number of alkyl carbamates (subject to hydrolysis) is 1. The highest BCUT2D eigenvalue weighted by molar-refractivity contribution is 5.89. The molecule has 3 N–H and O–H groups in total. The summed E-state index contributed by atoms with van der Waals surface area (Å²) < 4.78 is 10.3. The van der Waals surface area contributed by atoms with Crippen LogP contribution < -0.4 is 10.6 Å². The molecule has 1 aromatic carbocycles. The van der Waals surface area contributed by atoms with E-state index < -0.39 is 17.7 Å². The molecule has 0 aromatic heterocycles. The highest BCUT2D eigenvalue weighted by Gasteiger charge is 2.24. The van der Waals surface area contributed by atoms with Gasteiger partial charge in [-0.1, -0.05) is 30.3 Å². The molecule has 7 nitrogen and oxygen atoms in total. The standard InChI is InChI=1S/C18H28N2O5/c1-18(2,3)25-17(23)20-15(11-14-7-5-4-6-8-14)16(22)12-19-13-24-10-9-21/h4-8,15,19,21H,9-13H2,1-3H3,(H,20,23)/t15-/m0/s1. The third-order valence-corrected chi connectivity index (χ3v) is 3.10. The van der Waals surface area contributed by atoms with E-state index in [2.05, 4.69) is 10.6 Å². The second-order valence-electron chi connectivity index (χ2n) is 6.56. The number of ether oxygens (including phenoxy) is 2. The van der Waals surface area contributed by atoms with Gasteiger partial charge in [0.2, 0.25) is 0 Å². The minimum absolute atomic E-state index is 0.0404. The second kappa shape index (κ2) is 10.8. The van der Waals surface area contributed by atoms with Crippen molar-refractivity contribution in [3.8, 4) is 0 Å². The van der Waals surface area contributed by atoms with Gasteiger partial charge in [-0.15, -0.1) is 0 Å². The van der Waals surface area contributed by atoms with Crippen LogP contribution in [0.2, 0.25) is 0 Å². The predicted molar refractivity (Wildman–Crippen MR) is 94.2 cm³/mol. The maximum atomic E-state index is 12.4. The number of Topliss-reactive ketones (excluding diaryl/α,β-unsaturated/α-hetero) is 1. The van der Waals surface area contributed by atoms with Crippen molar-refractivity contribution < 1.29 is 24.2 Å². The van der Waals surface area contributed by atoms with Gasteiger partial charge in [0.25, 0.3) is 0 Å². The fourth-order valence-corrected chi connectivity index (χ4v) is 2.05. The summed E-state index contributed by atoms with van der Waals surface area (Å²) in [6, 6.07) is 8.74. The van der Waals surface area contributed by atoms with Crippen LogP contribution in [0.3, 0.4) is 0 Å². The van der Waals surface area contributed by atoms with Crippen LogP contribution in [0.5, 0.6) is 0 Å². The van der Waals surface area contributed by atoms with E-state index >= 15 is 0 Å². The minimum atomic E-state index is -0.706. The van der Waals surface area contributed by atoms with Crippen LogP contribution in [0.25, 0.3) is 0 Å². The average molecular weight is 352 g/mol. The molecule has 1 rings (SSSR count). The Balaban J connectivity index is 2.63. The van der Waals surface area contributed by atoms with E-state index in [1.165, 1.54) is 0 Å². The van der Waals surface area contributed by atoms with Gasteiger partial charge < -0.3 is 19.9 Å². The molecule has 7 heteroatoms. The Hall–Kier alpha value is -1.96. The molecule has 0 saturated heterocycles. The molecule has 0 aliphatic heterocycles. The molecular weight excluding hydrogens is 324 g/mol. The van der Waals surface area contributed by atoms with E-state index in [1.807, 2.05) is 30.3 Å². The van der Waals surface area contributed by atoms with E-state index in [9.17, 15) is 9.59 Å². The fraction of sp³-hybridized carbons (Fsp3) is 0.556. The van der Waals surface area contributed by atoms with Crippen molar-refractivity contribution in [1.29, 1.82) is 0 Å². The molecule has 0 unspecified atom stereocenters. The Kier molecular flexibility index (Phi) is 9.12. The number of nitrogens with one attached hydrogen (secondary N) is 2. The number of rotatable bonds is 10. The SMILES string of the molecule is CC(C)(C)OC(=O)N[C@@H](Cc1ccccc1)C(=O)CNCOCCO. The van der Waals surface area contributed by atoms with E-state index in [0.29, 0.717) is 6.42 Å². The molecule has 25 heavy (non-hydrogen) atoms. The summed E-state index contributed by atoms with van der Waals surface area (Å²) in [5.74, 6) is -0.178. The molecule has 1 atom stereocenters. The first-order valence-electron chi connectivity index (χ1n) is 8.27. The zero-order valence-electron chi connectivity index (χ0n) is 15.1. The summed E-state index contributed by atoms with van der Waals surface area (Å²) in [4.78, 5) is 24.5. The minimum Gasteiger partial charge on any atom is -0.444 e. The quantitative estimate of drug-likeness (QED) is 0.433. The molecule has 0 bridgehead atoms. The molecule has 1 amide bonds. The number of hydrogen-bond donors (Lipinski definition) is 3. The molecule has 0 heterocycles. The monoisotopic (exact) mass is 352 g/mol. The van der Waals surface area contributed by atoms with Gasteiger partial charge in [0.1, 0.15) is 5.60 Å². The summed E-state index contributed by atoms with van der Waals surface area (Å²) >= 11 is 0. The number of aliphatic hydroxyl groups excluding tert-OH is 1. The number of carbonyl (C=O) groups is 2. The lowest BCUT2D eigenvalue weighted by atomic mass is 10.0. The van der Waals surface area contributed by atoms with Crippen LogP contribution >= 0.6 is 0 Å². The first-order chi connectivity index (χ1) is 11.8. The molecule has 1 aromatic rings. The van der Waals surface area contributed by atoms with Crippen molar-refractivity contribution in [3.63, 3.8) is 0 Å². The van der Waals surface area contributed by atoms with Crippen LogP contribution in [-0.4, -0.2) is 55.1 Å². The van der Waals surface area contributed by atoms with Gasteiger partial charge in [-0.05, 0) is 32.8 Å². The molecular formula is C18H28N2O5. The first-order valence-corrected chi connectivity index (χ1v) is 8.27. The van der Waals surface area contributed by atoms with E-state index in [-0.39, 0.29) is 32.3 Å². The van der Waals surface area contributed by atoms with Crippen LogP contribution in [0.15, 0.2) is 30.3 Å². The first kappa shape index (κ1) is 21.1. The zero-order chi connectivity index (χ0) is 18.7. The van der Waals surface area contributed by atoms with Crippen molar-refractivity contribution >= 4 is 11.9 Å². The number of amides is 1. The Bertz CT molecular complexity index is 528. The average Bonchev–Trinajstić information content (AvgIpc) is 2.53. The molecule has 0 spiro atoms. The topological polar surface area (TPSA) is 96.9 Å². The molecule has 0 fully saturated rings. The summed E-state index contributed by atoms with van der Waals surface area (Å²) in [5.41, 5.74) is 0.300. The van der Waals surface area contributed by atoms with Crippen LogP contribution in [0.4, 0.5) is 4.79 Å². The molecule has 0 radical (unpaired) electrons. The van der Waals surface area contributed by atoms with Crippen molar-refractivity contribution in [3.05, 3.63) is 35.9 Å². The Labute approximate surface area is 148 Å². The number of benzene rings is 1. The summed E-state index contributed by atoms with van der Waals surface area (Å²) in [6.45, 7) is 5.61. The highest BCUT2D eigenvalue weighted by atomic mass is 16.6. The Morgan fingerprint density at radius 3 is 2.48 bits per heavy atom. The van der Waals surface area contributed by atoms with E-state index in [0.717, 1.165) is 5.56 Å². The smallest absolute Gasteiger partial charge is 0.408 e. The lowest BCUT2D eigenvalue weighted by Crippen LogP contribution is -2.47. The summed E-state index contributed by atoms with van der Waals surface area (Å²) in [5, 5.41) is 14.1. The molecule has 140 valence electrons. The van der Waals surface area contributed by atoms with Gasteiger partial charge in [-0.2, -0.15) is 0 Å². The largest absolute Gasteiger partial charge is 0.444 e. The zero-order valence-corrected chi connectivity index (χ0v) is 15.1. The van der Waals surface area contributed by atoms with Gasteiger partial charge >= 0.3 is 6.09 Å². The lowest BCUT2D eigenvalue weighted by Gasteiger charge is -2.23. The third kappa shape index (κ3) is 9.81. The number of hydrogen-bond acceptors (Lipinski definition) is 6. The second-order valence-corrected chi connectivity index (χ2v) is 6.56. The van der Waals surface area contributed by atoms with Crippen molar-refractivity contribution in [1.82, 2.24) is 10.6 Å². The summed E-state index contributed by atoms with van der Waals surface area (Å²) in [7, 11) is 0. The van der Waals surface area contributed by atoms with E-state index in [4.69, 9.17) is 14.6 Å². The van der Waals surface area contributed by atoms with Gasteiger partial charge in [0, 0.05) is 0 Å². The number of carbonyl (C=O) groups excluding carboxylic acids is 2. The predicted octanol–water partition coefficient (Wildman–Crippen LogP) is 1.25. The summed E-state index contributed by atoms with van der Waals surface area (Å²) in [6.07, 6.45) is -0.253. The van der Waals surface area contributed by atoms with Gasteiger partial charge in [-0.3, -0.25) is 10.1 Å². The number of aliphatic hydroxyl groups is 1. The normalized spacial score (nSPS) is 12.5. The van der Waals surface area contributed by atoms with Crippen LogP contribution in [-0.2, 0) is 20.7 Å². The van der Waals surface area contributed by atoms with Crippen molar-refractivity contribution in [2.24, 2.45) is 0 Å². The third-order valence-electron chi connectivity index (χ3n) is 3.10. The molecule has 0 aliphatic rings. The molecule has 0 aliphatic carbocycles. The van der Waals surface area contributed by atoms with Crippen LogP contribution in [0, 0.1) is 0 Å². The maximum absolute atomic E-state index is 12.4. The van der Waals surface area contributed by atoms with Crippen molar-refractivity contribution in [2.45, 2.75) is 38.8 Å².